The fourth-order valence-electron chi connectivity index (χ4n) is 2.34. The molecule has 0 saturated carbocycles. The molecule has 1 aromatic carbocycles. The largest absolute Gasteiger partial charge is 0.346 e. The van der Waals surface area contributed by atoms with Crippen molar-refractivity contribution in [1.29, 1.82) is 0 Å². The highest BCUT2D eigenvalue weighted by Gasteiger charge is 2.21. The normalized spacial score (nSPS) is 11.4. The smallest absolute Gasteiger partial charge is 0.283 e. The van der Waals surface area contributed by atoms with E-state index in [0.29, 0.717) is 5.56 Å². The summed E-state index contributed by atoms with van der Waals surface area (Å²) >= 11 is 0. The Morgan fingerprint density at radius 3 is 2.68 bits per heavy atom. The Kier molecular flexibility index (Phi) is 4.41. The van der Waals surface area contributed by atoms with Gasteiger partial charge in [-0.05, 0) is 24.6 Å². The number of carbonyl (C=O) groups is 1. The number of aryl methyl sites for hydroxylation is 2. The van der Waals surface area contributed by atoms with E-state index in [0.717, 1.165) is 9.65 Å². The van der Waals surface area contributed by atoms with Crippen LogP contribution in [0.4, 0.5) is 0 Å². The second-order valence-electron chi connectivity index (χ2n) is 5.55. The van der Waals surface area contributed by atoms with Crippen LogP contribution in [0.25, 0.3) is 0 Å². The van der Waals surface area contributed by atoms with Crippen LogP contribution >= 0.6 is 0 Å². The predicted molar refractivity (Wildman–Crippen MR) is 90.4 cm³/mol. The van der Waals surface area contributed by atoms with Crippen molar-refractivity contribution in [2.75, 3.05) is 0 Å². The zero-order chi connectivity index (χ0) is 18.0. The Balaban J connectivity index is 1.77. The summed E-state index contributed by atoms with van der Waals surface area (Å²) in [5.74, 6) is -0.456. The van der Waals surface area contributed by atoms with Gasteiger partial charge in [0, 0.05) is 31.5 Å². The lowest BCUT2D eigenvalue weighted by atomic mass is 10.2. The summed E-state index contributed by atoms with van der Waals surface area (Å²) < 4.78 is 27.7. The van der Waals surface area contributed by atoms with Crippen molar-refractivity contribution >= 4 is 15.9 Å². The molecule has 0 aliphatic rings. The zero-order valence-electron chi connectivity index (χ0n) is 13.7. The van der Waals surface area contributed by atoms with E-state index in [1.165, 1.54) is 18.3 Å². The molecule has 2 heterocycles. The summed E-state index contributed by atoms with van der Waals surface area (Å²) in [4.78, 5) is 12.3. The fraction of sp³-hybridized carbons (Fsp3) is 0.188. The van der Waals surface area contributed by atoms with Crippen molar-refractivity contribution in [2.24, 2.45) is 7.05 Å². The highest BCUT2D eigenvalue weighted by atomic mass is 32.2. The first-order chi connectivity index (χ1) is 11.9. The van der Waals surface area contributed by atoms with E-state index < -0.39 is 15.9 Å². The summed E-state index contributed by atoms with van der Waals surface area (Å²) in [5, 5.41) is 10.6. The number of aromatic nitrogens is 4. The monoisotopic (exact) mass is 359 g/mol. The van der Waals surface area contributed by atoms with E-state index in [1.54, 1.807) is 49.2 Å². The van der Waals surface area contributed by atoms with Gasteiger partial charge in [0.05, 0.1) is 11.1 Å². The average Bonchev–Trinajstić information content (AvgIpc) is 3.22. The van der Waals surface area contributed by atoms with Crippen LogP contribution in [-0.2, 0) is 23.6 Å². The number of nitrogens with one attached hydrogen (secondary N) is 1. The Bertz CT molecular complexity index is 1020. The zero-order valence-corrected chi connectivity index (χ0v) is 14.6. The molecule has 3 aromatic rings. The Hall–Kier alpha value is -2.94. The minimum absolute atomic E-state index is 0.0287. The number of carbonyl (C=O) groups excluding carboxylic acids is 1. The molecule has 2 aromatic heterocycles. The molecular weight excluding hydrogens is 342 g/mol. The van der Waals surface area contributed by atoms with E-state index in [4.69, 9.17) is 0 Å². The van der Waals surface area contributed by atoms with Crippen LogP contribution in [0.2, 0.25) is 0 Å². The maximum absolute atomic E-state index is 12.6. The standard InChI is InChI=1S/C16H17N5O3S/c1-12-5-3-4-6-15(12)25(23,24)21-8-7-14(19-21)16(22)17-9-13-10-18-20(2)11-13/h3-8,10-11H,9H2,1-2H3,(H,17,22). The molecule has 3 rings (SSSR count). The third kappa shape index (κ3) is 3.45. The summed E-state index contributed by atoms with van der Waals surface area (Å²) in [7, 11) is -2.05. The van der Waals surface area contributed by atoms with Gasteiger partial charge in [-0.2, -0.15) is 22.7 Å². The number of nitrogens with zero attached hydrogens (tertiary/aromatic N) is 4. The first-order valence-corrected chi connectivity index (χ1v) is 8.94. The quantitative estimate of drug-likeness (QED) is 0.735. The van der Waals surface area contributed by atoms with Crippen molar-refractivity contribution in [3.05, 3.63) is 65.7 Å². The van der Waals surface area contributed by atoms with Gasteiger partial charge in [-0.1, -0.05) is 18.2 Å². The van der Waals surface area contributed by atoms with Gasteiger partial charge >= 0.3 is 0 Å². The Labute approximate surface area is 145 Å². The van der Waals surface area contributed by atoms with Gasteiger partial charge < -0.3 is 5.32 Å². The molecule has 0 spiro atoms. The predicted octanol–water partition coefficient (Wildman–Crippen LogP) is 1.09. The molecule has 8 nitrogen and oxygen atoms in total. The molecule has 1 amide bonds. The van der Waals surface area contributed by atoms with Crippen molar-refractivity contribution in [3.63, 3.8) is 0 Å². The Morgan fingerprint density at radius 2 is 2.00 bits per heavy atom. The molecule has 0 bridgehead atoms. The van der Waals surface area contributed by atoms with E-state index >= 15 is 0 Å². The van der Waals surface area contributed by atoms with E-state index in [2.05, 4.69) is 15.5 Å². The van der Waals surface area contributed by atoms with Crippen molar-refractivity contribution in [1.82, 2.24) is 24.3 Å². The second kappa shape index (κ2) is 6.52. The van der Waals surface area contributed by atoms with E-state index in [1.807, 2.05) is 0 Å². The molecule has 1 N–H and O–H groups in total. The highest BCUT2D eigenvalue weighted by Crippen LogP contribution is 2.17. The minimum atomic E-state index is -3.83. The maximum Gasteiger partial charge on any atom is 0.283 e. The van der Waals surface area contributed by atoms with Crippen LogP contribution in [0.3, 0.4) is 0 Å². The third-order valence-corrected chi connectivity index (χ3v) is 5.34. The van der Waals surface area contributed by atoms with Gasteiger partial charge in [-0.15, -0.1) is 0 Å². The number of hydrogen-bond donors (Lipinski definition) is 1. The average molecular weight is 359 g/mol. The lowest BCUT2D eigenvalue weighted by Crippen LogP contribution is -2.24. The Morgan fingerprint density at radius 1 is 1.24 bits per heavy atom. The second-order valence-corrected chi connectivity index (χ2v) is 7.31. The SMILES string of the molecule is Cc1ccccc1S(=O)(=O)n1ccc(C(=O)NCc2cnn(C)c2)n1. The maximum atomic E-state index is 12.6. The van der Waals surface area contributed by atoms with Crippen LogP contribution < -0.4 is 5.32 Å². The van der Waals surface area contributed by atoms with Crippen LogP contribution in [-0.4, -0.2) is 33.3 Å². The molecular formula is C16H17N5O3S. The molecule has 9 heteroatoms. The van der Waals surface area contributed by atoms with E-state index in [9.17, 15) is 13.2 Å². The van der Waals surface area contributed by atoms with Gasteiger partial charge in [0.25, 0.3) is 15.9 Å². The first kappa shape index (κ1) is 16.9. The van der Waals surface area contributed by atoms with Crippen molar-refractivity contribution in [2.45, 2.75) is 18.4 Å². The molecule has 25 heavy (non-hydrogen) atoms. The summed E-state index contributed by atoms with van der Waals surface area (Å²) in [5.41, 5.74) is 1.48. The number of benzene rings is 1. The van der Waals surface area contributed by atoms with Crippen LogP contribution in [0, 0.1) is 6.92 Å². The third-order valence-electron chi connectivity index (χ3n) is 3.63. The summed E-state index contributed by atoms with van der Waals surface area (Å²) in [6.07, 6.45) is 4.68. The lowest BCUT2D eigenvalue weighted by molar-refractivity contribution is 0.0945. The van der Waals surface area contributed by atoms with Gasteiger partial charge in [-0.3, -0.25) is 9.48 Å². The molecule has 130 valence electrons. The van der Waals surface area contributed by atoms with Gasteiger partial charge in [0.15, 0.2) is 5.69 Å². The topological polar surface area (TPSA) is 98.9 Å². The number of hydrogen-bond acceptors (Lipinski definition) is 5. The van der Waals surface area contributed by atoms with Crippen molar-refractivity contribution < 1.29 is 13.2 Å². The first-order valence-electron chi connectivity index (χ1n) is 7.50. The van der Waals surface area contributed by atoms with Crippen LogP contribution in [0.5, 0.6) is 0 Å². The highest BCUT2D eigenvalue weighted by molar-refractivity contribution is 7.89. The molecule has 0 fully saturated rings. The van der Waals surface area contributed by atoms with Gasteiger partial charge in [0.1, 0.15) is 0 Å². The molecule has 0 radical (unpaired) electrons. The van der Waals surface area contributed by atoms with Gasteiger partial charge in [0.2, 0.25) is 0 Å². The van der Waals surface area contributed by atoms with Gasteiger partial charge in [-0.25, -0.2) is 0 Å². The van der Waals surface area contributed by atoms with E-state index in [-0.39, 0.29) is 17.1 Å². The van der Waals surface area contributed by atoms with Crippen LogP contribution in [0.15, 0.2) is 53.8 Å². The number of rotatable bonds is 5. The number of amides is 1. The molecule has 0 aliphatic carbocycles. The lowest BCUT2D eigenvalue weighted by Gasteiger charge is -2.07. The summed E-state index contributed by atoms with van der Waals surface area (Å²) in [6, 6.07) is 7.99. The molecule has 0 unspecified atom stereocenters. The van der Waals surface area contributed by atoms with Crippen molar-refractivity contribution in [3.8, 4) is 0 Å². The van der Waals surface area contributed by atoms with Crippen LogP contribution in [0.1, 0.15) is 21.6 Å². The summed E-state index contributed by atoms with van der Waals surface area (Å²) in [6.45, 7) is 1.99. The minimum Gasteiger partial charge on any atom is -0.346 e. The molecule has 0 saturated heterocycles. The molecule has 0 aliphatic heterocycles. The molecule has 0 atom stereocenters. The fourth-order valence-corrected chi connectivity index (χ4v) is 3.69.